The summed E-state index contributed by atoms with van der Waals surface area (Å²) in [6.07, 6.45) is 0. The van der Waals surface area contributed by atoms with Crippen LogP contribution in [0, 0.1) is 0 Å². The molecule has 0 aliphatic heterocycles. The van der Waals surface area contributed by atoms with Gasteiger partial charge >= 0.3 is 0 Å². The van der Waals surface area contributed by atoms with Crippen LogP contribution in [0.2, 0.25) is 5.02 Å². The highest BCUT2D eigenvalue weighted by molar-refractivity contribution is 6.31. The van der Waals surface area contributed by atoms with E-state index in [1.54, 1.807) is 17.7 Å². The Labute approximate surface area is 115 Å². The molecule has 0 atom stereocenters. The highest BCUT2D eigenvalue weighted by Gasteiger charge is 2.08. The van der Waals surface area contributed by atoms with Crippen LogP contribution in [0.25, 0.3) is 22.0 Å². The zero-order valence-corrected chi connectivity index (χ0v) is 11.2. The minimum absolute atomic E-state index is 0.000947. The molecule has 0 unspecified atom stereocenters. The van der Waals surface area contributed by atoms with Crippen LogP contribution in [0.15, 0.2) is 59.4 Å². The second kappa shape index (κ2) is 4.56. The van der Waals surface area contributed by atoms with Crippen molar-refractivity contribution in [3.05, 3.63) is 70.0 Å². The van der Waals surface area contributed by atoms with Gasteiger partial charge in [-0.1, -0.05) is 41.9 Å². The second-order valence-corrected chi connectivity index (χ2v) is 4.93. The number of hydrogen-bond donors (Lipinski definition) is 0. The number of aryl methyl sites for hydroxylation is 1. The molecule has 2 nitrogen and oxygen atoms in total. The van der Waals surface area contributed by atoms with Gasteiger partial charge in [-0.25, -0.2) is 0 Å². The third kappa shape index (κ3) is 2.04. The van der Waals surface area contributed by atoms with E-state index in [0.717, 1.165) is 16.5 Å². The molecule has 3 heteroatoms. The van der Waals surface area contributed by atoms with Crippen LogP contribution in [0.3, 0.4) is 0 Å². The van der Waals surface area contributed by atoms with Crippen LogP contribution in [-0.2, 0) is 7.05 Å². The van der Waals surface area contributed by atoms with E-state index in [0.29, 0.717) is 10.6 Å². The average Bonchev–Trinajstić information content (AvgIpc) is 2.43. The molecule has 1 heterocycles. The Kier molecular flexibility index (Phi) is 2.88. The van der Waals surface area contributed by atoms with Gasteiger partial charge in [0, 0.05) is 23.0 Å². The van der Waals surface area contributed by atoms with Crippen molar-refractivity contribution in [3.8, 4) is 11.1 Å². The molecule has 0 saturated carbocycles. The zero-order valence-electron chi connectivity index (χ0n) is 10.4. The molecule has 19 heavy (non-hydrogen) atoms. The van der Waals surface area contributed by atoms with Gasteiger partial charge in [0.25, 0.3) is 5.56 Å². The number of fused-ring (bicyclic) bond motifs is 1. The minimum Gasteiger partial charge on any atom is -0.311 e. The molecule has 0 spiro atoms. The standard InChI is InChI=1S/C16H12ClNO/c1-18-15-8-7-13(17)9-12(15)10-14(16(18)19)11-5-3-2-4-6-11/h2-10H,1H3. The van der Waals surface area contributed by atoms with Gasteiger partial charge in [0.1, 0.15) is 0 Å². The molecule has 94 valence electrons. The summed E-state index contributed by atoms with van der Waals surface area (Å²) >= 11 is 6.02. The van der Waals surface area contributed by atoms with Crippen LogP contribution in [0.1, 0.15) is 0 Å². The molecule has 0 saturated heterocycles. The van der Waals surface area contributed by atoms with Gasteiger partial charge in [-0.15, -0.1) is 0 Å². The summed E-state index contributed by atoms with van der Waals surface area (Å²) in [6, 6.07) is 17.1. The minimum atomic E-state index is 0.000947. The van der Waals surface area contributed by atoms with E-state index in [1.807, 2.05) is 48.5 Å². The van der Waals surface area contributed by atoms with Gasteiger partial charge in [0.15, 0.2) is 0 Å². The Hall–Kier alpha value is -2.06. The van der Waals surface area contributed by atoms with Gasteiger partial charge < -0.3 is 4.57 Å². The highest BCUT2D eigenvalue weighted by atomic mass is 35.5. The monoisotopic (exact) mass is 269 g/mol. The molecule has 0 amide bonds. The summed E-state index contributed by atoms with van der Waals surface area (Å²) in [5, 5.41) is 1.64. The largest absolute Gasteiger partial charge is 0.311 e. The summed E-state index contributed by atoms with van der Waals surface area (Å²) in [7, 11) is 1.78. The third-order valence-corrected chi connectivity index (χ3v) is 3.51. The molecular weight excluding hydrogens is 258 g/mol. The van der Waals surface area contributed by atoms with E-state index in [9.17, 15) is 4.79 Å². The molecule has 2 aromatic carbocycles. The van der Waals surface area contributed by atoms with Gasteiger partial charge in [0.2, 0.25) is 0 Å². The first-order chi connectivity index (χ1) is 9.16. The molecule has 3 rings (SSSR count). The number of rotatable bonds is 1. The number of benzene rings is 2. The van der Waals surface area contributed by atoms with E-state index in [4.69, 9.17) is 11.6 Å². The first kappa shape index (κ1) is 12.0. The lowest BCUT2D eigenvalue weighted by molar-refractivity contribution is 0.909. The van der Waals surface area contributed by atoms with Gasteiger partial charge in [-0.3, -0.25) is 4.79 Å². The molecule has 0 N–H and O–H groups in total. The summed E-state index contributed by atoms with van der Waals surface area (Å²) in [5.41, 5.74) is 2.50. The Morgan fingerprint density at radius 1 is 1.00 bits per heavy atom. The molecule has 0 bridgehead atoms. The third-order valence-electron chi connectivity index (χ3n) is 3.27. The Morgan fingerprint density at radius 3 is 2.47 bits per heavy atom. The molecule has 1 aromatic heterocycles. The smallest absolute Gasteiger partial charge is 0.258 e. The maximum absolute atomic E-state index is 12.4. The maximum Gasteiger partial charge on any atom is 0.258 e. The van der Waals surface area contributed by atoms with E-state index < -0.39 is 0 Å². The Balaban J connectivity index is 2.38. The van der Waals surface area contributed by atoms with E-state index in [1.165, 1.54) is 0 Å². The number of hydrogen-bond acceptors (Lipinski definition) is 1. The van der Waals surface area contributed by atoms with Crippen molar-refractivity contribution >= 4 is 22.5 Å². The summed E-state index contributed by atoms with van der Waals surface area (Å²) < 4.78 is 1.66. The van der Waals surface area contributed by atoms with Crippen LogP contribution < -0.4 is 5.56 Å². The lowest BCUT2D eigenvalue weighted by Crippen LogP contribution is -2.18. The molecular formula is C16H12ClNO. The molecule has 0 fully saturated rings. The van der Waals surface area contributed by atoms with E-state index >= 15 is 0 Å². The van der Waals surface area contributed by atoms with E-state index in [-0.39, 0.29) is 5.56 Å². The van der Waals surface area contributed by atoms with Crippen LogP contribution in [-0.4, -0.2) is 4.57 Å². The van der Waals surface area contributed by atoms with Gasteiger partial charge in [-0.05, 0) is 29.8 Å². The van der Waals surface area contributed by atoms with Crippen LogP contribution >= 0.6 is 11.6 Å². The zero-order chi connectivity index (χ0) is 13.4. The van der Waals surface area contributed by atoms with Crippen LogP contribution in [0.5, 0.6) is 0 Å². The topological polar surface area (TPSA) is 22.0 Å². The fourth-order valence-corrected chi connectivity index (χ4v) is 2.46. The van der Waals surface area contributed by atoms with Crippen molar-refractivity contribution < 1.29 is 0 Å². The lowest BCUT2D eigenvalue weighted by atomic mass is 10.0. The average molecular weight is 270 g/mol. The number of nitrogens with zero attached hydrogens (tertiary/aromatic N) is 1. The summed E-state index contributed by atoms with van der Waals surface area (Å²) in [5.74, 6) is 0. The molecule has 0 aliphatic carbocycles. The predicted octanol–water partition coefficient (Wildman–Crippen LogP) is 3.86. The molecule has 3 aromatic rings. The summed E-state index contributed by atoms with van der Waals surface area (Å²) in [4.78, 5) is 12.4. The van der Waals surface area contributed by atoms with Crippen molar-refractivity contribution in [3.63, 3.8) is 0 Å². The summed E-state index contributed by atoms with van der Waals surface area (Å²) in [6.45, 7) is 0. The second-order valence-electron chi connectivity index (χ2n) is 4.49. The molecule has 0 radical (unpaired) electrons. The van der Waals surface area contributed by atoms with Crippen molar-refractivity contribution in [1.82, 2.24) is 4.57 Å². The molecule has 0 aliphatic rings. The SMILES string of the molecule is Cn1c(=O)c(-c2ccccc2)cc2cc(Cl)ccc21. The normalized spacial score (nSPS) is 10.8. The number of halogens is 1. The maximum atomic E-state index is 12.4. The van der Waals surface area contributed by atoms with Gasteiger partial charge in [-0.2, -0.15) is 0 Å². The van der Waals surface area contributed by atoms with Gasteiger partial charge in [0.05, 0.1) is 5.52 Å². The first-order valence-corrected chi connectivity index (χ1v) is 6.39. The first-order valence-electron chi connectivity index (χ1n) is 6.01. The quantitative estimate of drug-likeness (QED) is 0.657. The van der Waals surface area contributed by atoms with Crippen molar-refractivity contribution in [2.45, 2.75) is 0 Å². The fourth-order valence-electron chi connectivity index (χ4n) is 2.28. The number of aromatic nitrogens is 1. The van der Waals surface area contributed by atoms with Crippen molar-refractivity contribution in [1.29, 1.82) is 0 Å². The number of pyridine rings is 1. The van der Waals surface area contributed by atoms with Crippen LogP contribution in [0.4, 0.5) is 0 Å². The van der Waals surface area contributed by atoms with Crippen molar-refractivity contribution in [2.75, 3.05) is 0 Å². The van der Waals surface area contributed by atoms with Crippen molar-refractivity contribution in [2.24, 2.45) is 7.05 Å². The predicted molar refractivity (Wildman–Crippen MR) is 79.6 cm³/mol. The Morgan fingerprint density at radius 2 is 1.74 bits per heavy atom. The fraction of sp³-hybridized carbons (Fsp3) is 0.0625. The Bertz CT molecular complexity index is 806. The highest BCUT2D eigenvalue weighted by Crippen LogP contribution is 2.23. The van der Waals surface area contributed by atoms with E-state index in [2.05, 4.69) is 0 Å². The lowest BCUT2D eigenvalue weighted by Gasteiger charge is -2.09.